The molecule has 6 heteroatoms. The van der Waals surface area contributed by atoms with Gasteiger partial charge in [0, 0.05) is 10.0 Å². The Hall–Kier alpha value is -2.89. The molecule has 0 heterocycles. The Kier molecular flexibility index (Phi) is 6.86. The van der Waals surface area contributed by atoms with Crippen molar-refractivity contribution >= 4 is 45.4 Å². The second-order valence-electron chi connectivity index (χ2n) is 5.98. The molecule has 0 atom stereocenters. The molecule has 29 heavy (non-hydrogen) atoms. The number of hydrogen-bond acceptors (Lipinski definition) is 4. The molecule has 146 valence electrons. The zero-order valence-electron chi connectivity index (χ0n) is 15.4. The Bertz CT molecular complexity index is 1070. The van der Waals surface area contributed by atoms with Crippen molar-refractivity contribution in [3.05, 3.63) is 99.0 Å². The van der Waals surface area contributed by atoms with E-state index in [0.29, 0.717) is 16.3 Å². The van der Waals surface area contributed by atoms with E-state index in [-0.39, 0.29) is 17.1 Å². The molecule has 0 N–H and O–H groups in total. The van der Waals surface area contributed by atoms with Gasteiger partial charge < -0.3 is 9.47 Å². The second-order valence-corrected chi connectivity index (χ2v) is 7.31. The van der Waals surface area contributed by atoms with Crippen LogP contribution in [0.15, 0.2) is 77.3 Å². The molecule has 0 aliphatic heterocycles. The van der Waals surface area contributed by atoms with Crippen molar-refractivity contribution in [2.45, 2.75) is 0 Å². The second kappa shape index (κ2) is 9.54. The minimum atomic E-state index is -0.581. The number of rotatable bonds is 6. The number of benzene rings is 3. The van der Waals surface area contributed by atoms with Gasteiger partial charge in [0.1, 0.15) is 0 Å². The van der Waals surface area contributed by atoms with E-state index in [2.05, 4.69) is 15.9 Å². The van der Waals surface area contributed by atoms with Crippen LogP contribution >= 0.6 is 27.5 Å². The lowest BCUT2D eigenvalue weighted by atomic mass is 10.1. The quantitative estimate of drug-likeness (QED) is 0.185. The molecule has 0 saturated carbocycles. The zero-order chi connectivity index (χ0) is 20.8. The molecule has 4 nitrogen and oxygen atoms in total. The third-order valence-electron chi connectivity index (χ3n) is 4.04. The van der Waals surface area contributed by atoms with Crippen molar-refractivity contribution in [2.75, 3.05) is 7.11 Å². The van der Waals surface area contributed by atoms with Crippen LogP contribution in [0.4, 0.5) is 0 Å². The van der Waals surface area contributed by atoms with Gasteiger partial charge in [-0.1, -0.05) is 51.8 Å². The van der Waals surface area contributed by atoms with Crippen molar-refractivity contribution in [3.63, 3.8) is 0 Å². The summed E-state index contributed by atoms with van der Waals surface area (Å²) in [5.41, 5.74) is 1.58. The van der Waals surface area contributed by atoms with Gasteiger partial charge in [-0.15, -0.1) is 0 Å². The molecular weight excluding hydrogens is 456 g/mol. The maximum absolute atomic E-state index is 12.4. The summed E-state index contributed by atoms with van der Waals surface area (Å²) >= 11 is 9.38. The molecule has 3 rings (SSSR count). The highest BCUT2D eigenvalue weighted by molar-refractivity contribution is 9.10. The van der Waals surface area contributed by atoms with Gasteiger partial charge in [-0.05, 0) is 60.2 Å². The highest BCUT2D eigenvalue weighted by Crippen LogP contribution is 2.30. The van der Waals surface area contributed by atoms with Gasteiger partial charge in [-0.3, -0.25) is 4.79 Å². The maximum atomic E-state index is 12.4. The van der Waals surface area contributed by atoms with Crippen LogP contribution < -0.4 is 9.47 Å². The highest BCUT2D eigenvalue weighted by atomic mass is 79.9. The summed E-state index contributed by atoms with van der Waals surface area (Å²) in [6.45, 7) is 0. The average molecular weight is 472 g/mol. The van der Waals surface area contributed by atoms with Crippen molar-refractivity contribution < 1.29 is 19.1 Å². The molecule has 0 unspecified atom stereocenters. The third-order valence-corrected chi connectivity index (χ3v) is 4.90. The molecular formula is C23H16BrClO4. The van der Waals surface area contributed by atoms with Gasteiger partial charge in [0.05, 0.1) is 17.7 Å². The van der Waals surface area contributed by atoms with Crippen LogP contribution in [0.3, 0.4) is 0 Å². The molecule has 0 fully saturated rings. The number of ether oxygens (including phenoxy) is 2. The number of halogens is 2. The zero-order valence-corrected chi connectivity index (χ0v) is 17.7. The van der Waals surface area contributed by atoms with Gasteiger partial charge in [0.25, 0.3) is 0 Å². The first-order valence-corrected chi connectivity index (χ1v) is 9.78. The number of methoxy groups -OCH3 is 1. The summed E-state index contributed by atoms with van der Waals surface area (Å²) in [6.07, 6.45) is 3.15. The van der Waals surface area contributed by atoms with Crippen LogP contribution in [0.2, 0.25) is 5.02 Å². The largest absolute Gasteiger partial charge is 0.493 e. The first-order chi connectivity index (χ1) is 14.0. The van der Waals surface area contributed by atoms with Crippen molar-refractivity contribution in [3.8, 4) is 11.5 Å². The molecule has 0 aliphatic carbocycles. The lowest BCUT2D eigenvalue weighted by Gasteiger charge is -2.10. The molecule has 0 amide bonds. The summed E-state index contributed by atoms with van der Waals surface area (Å²) < 4.78 is 11.7. The molecule has 0 spiro atoms. The van der Waals surface area contributed by atoms with Crippen molar-refractivity contribution in [2.24, 2.45) is 0 Å². The fourth-order valence-corrected chi connectivity index (χ4v) is 3.01. The van der Waals surface area contributed by atoms with E-state index >= 15 is 0 Å². The monoisotopic (exact) mass is 470 g/mol. The normalized spacial score (nSPS) is 10.7. The van der Waals surface area contributed by atoms with E-state index in [0.717, 1.165) is 10.0 Å². The Balaban J connectivity index is 1.76. The predicted octanol–water partition coefficient (Wildman–Crippen LogP) is 6.23. The molecule has 0 bridgehead atoms. The number of allylic oxidation sites excluding steroid dienone is 1. The van der Waals surface area contributed by atoms with E-state index in [1.807, 2.05) is 12.1 Å². The topological polar surface area (TPSA) is 52.6 Å². The number of ketones is 1. The number of hydrogen-bond donors (Lipinski definition) is 0. The Labute approximate surface area is 181 Å². The molecule has 0 radical (unpaired) electrons. The van der Waals surface area contributed by atoms with Crippen LogP contribution in [-0.4, -0.2) is 18.9 Å². The third kappa shape index (κ3) is 5.34. The number of carbonyl (C=O) groups excluding carboxylic acids is 2. The molecule has 0 aromatic heterocycles. The van der Waals surface area contributed by atoms with Crippen LogP contribution in [-0.2, 0) is 0 Å². The van der Waals surface area contributed by atoms with E-state index in [4.69, 9.17) is 21.1 Å². The summed E-state index contributed by atoms with van der Waals surface area (Å²) in [7, 11) is 1.47. The first kappa shape index (κ1) is 20.8. The van der Waals surface area contributed by atoms with E-state index in [1.165, 1.54) is 13.2 Å². The SMILES string of the molecule is COc1cc(C=CC(=O)c2ccc(Br)cc2)ccc1OC(=O)c1ccccc1Cl. The Morgan fingerprint density at radius 1 is 0.966 bits per heavy atom. The van der Waals surface area contributed by atoms with Gasteiger partial charge >= 0.3 is 5.97 Å². The lowest BCUT2D eigenvalue weighted by molar-refractivity contribution is 0.0729. The molecule has 3 aromatic rings. The minimum absolute atomic E-state index is 0.120. The minimum Gasteiger partial charge on any atom is -0.493 e. The molecule has 3 aromatic carbocycles. The van der Waals surface area contributed by atoms with E-state index in [9.17, 15) is 9.59 Å². The first-order valence-electron chi connectivity index (χ1n) is 8.60. The fraction of sp³-hybridized carbons (Fsp3) is 0.0435. The summed E-state index contributed by atoms with van der Waals surface area (Å²) in [5.74, 6) is -0.0780. The van der Waals surface area contributed by atoms with E-state index < -0.39 is 5.97 Å². The average Bonchev–Trinajstić information content (AvgIpc) is 2.73. The lowest BCUT2D eigenvalue weighted by Crippen LogP contribution is -2.09. The van der Waals surface area contributed by atoms with Crippen LogP contribution in [0, 0.1) is 0 Å². The molecule has 0 aliphatic rings. The van der Waals surface area contributed by atoms with Gasteiger partial charge in [-0.25, -0.2) is 4.79 Å². The van der Waals surface area contributed by atoms with Gasteiger partial charge in [0.2, 0.25) is 0 Å². The van der Waals surface area contributed by atoms with Crippen LogP contribution in [0.1, 0.15) is 26.3 Å². The summed E-state index contributed by atoms with van der Waals surface area (Å²) in [6, 6.07) is 18.8. The number of esters is 1. The van der Waals surface area contributed by atoms with Crippen molar-refractivity contribution in [1.82, 2.24) is 0 Å². The van der Waals surface area contributed by atoms with Gasteiger partial charge in [-0.2, -0.15) is 0 Å². The predicted molar refractivity (Wildman–Crippen MR) is 117 cm³/mol. The maximum Gasteiger partial charge on any atom is 0.345 e. The fourth-order valence-electron chi connectivity index (χ4n) is 2.54. The Morgan fingerprint density at radius 2 is 1.69 bits per heavy atom. The summed E-state index contributed by atoms with van der Waals surface area (Å²) in [4.78, 5) is 24.6. The number of carbonyl (C=O) groups is 2. The van der Waals surface area contributed by atoms with Crippen molar-refractivity contribution in [1.29, 1.82) is 0 Å². The van der Waals surface area contributed by atoms with Crippen LogP contribution in [0.5, 0.6) is 11.5 Å². The van der Waals surface area contributed by atoms with Gasteiger partial charge in [0.15, 0.2) is 17.3 Å². The van der Waals surface area contributed by atoms with E-state index in [1.54, 1.807) is 60.7 Å². The van der Waals surface area contributed by atoms with Crippen LogP contribution in [0.25, 0.3) is 6.08 Å². The highest BCUT2D eigenvalue weighted by Gasteiger charge is 2.15. The molecule has 0 saturated heterocycles. The standard InChI is InChI=1S/C23H16BrClO4/c1-28-22-14-15(6-12-20(26)16-8-10-17(24)11-9-16)7-13-21(22)29-23(27)18-4-2-3-5-19(18)25/h2-14H,1H3. The smallest absolute Gasteiger partial charge is 0.345 e. The Morgan fingerprint density at radius 3 is 2.38 bits per heavy atom. The summed E-state index contributed by atoms with van der Waals surface area (Å²) in [5, 5.41) is 0.308.